The predicted molar refractivity (Wildman–Crippen MR) is 81.6 cm³/mol. The average Bonchev–Trinajstić information content (AvgIpc) is 2.50. The van der Waals surface area contributed by atoms with Crippen molar-refractivity contribution in [2.45, 2.75) is 63.6 Å². The Morgan fingerprint density at radius 1 is 1.19 bits per heavy atom. The molecule has 21 heavy (non-hydrogen) atoms. The van der Waals surface area contributed by atoms with Gasteiger partial charge in [-0.25, -0.2) is 4.79 Å². The van der Waals surface area contributed by atoms with Crippen LogP contribution in [0.25, 0.3) is 0 Å². The molecule has 2 aliphatic rings. The van der Waals surface area contributed by atoms with E-state index in [1.54, 1.807) is 6.92 Å². The molecule has 0 aromatic heterocycles. The normalized spacial score (nSPS) is 24.7. The van der Waals surface area contributed by atoms with Crippen molar-refractivity contribution < 1.29 is 14.6 Å². The summed E-state index contributed by atoms with van der Waals surface area (Å²) in [6.07, 6.45) is 6.59. The van der Waals surface area contributed by atoms with Gasteiger partial charge in [0, 0.05) is 19.0 Å². The number of hydrogen-bond acceptors (Lipinski definition) is 4. The summed E-state index contributed by atoms with van der Waals surface area (Å²) in [6, 6.07) is 0. The fraction of sp³-hybridized carbons (Fsp3) is 0.824. The van der Waals surface area contributed by atoms with Crippen LogP contribution in [0.15, 0.2) is 0 Å². The Balaban J connectivity index is 2.02. The summed E-state index contributed by atoms with van der Waals surface area (Å²) >= 11 is 0. The van der Waals surface area contributed by atoms with Gasteiger partial charge in [-0.15, -0.1) is 5.92 Å². The average molecular weight is 293 g/mol. The number of carbonyl (C=O) groups is 1. The van der Waals surface area contributed by atoms with E-state index in [2.05, 4.69) is 23.8 Å². The lowest BCUT2D eigenvalue weighted by molar-refractivity contribution is -0.173. The van der Waals surface area contributed by atoms with E-state index >= 15 is 0 Å². The summed E-state index contributed by atoms with van der Waals surface area (Å²) in [7, 11) is 2.07. The Morgan fingerprint density at radius 3 is 2.38 bits per heavy atom. The first-order valence-electron chi connectivity index (χ1n) is 8.12. The van der Waals surface area contributed by atoms with Crippen LogP contribution in [0.5, 0.6) is 0 Å². The first kappa shape index (κ1) is 16.3. The molecule has 1 heterocycles. The Morgan fingerprint density at radius 2 is 1.81 bits per heavy atom. The van der Waals surface area contributed by atoms with Crippen LogP contribution in [0.4, 0.5) is 0 Å². The molecule has 1 saturated carbocycles. The molecule has 4 nitrogen and oxygen atoms in total. The zero-order valence-electron chi connectivity index (χ0n) is 13.2. The second kappa shape index (κ2) is 7.29. The molecule has 0 bridgehead atoms. The van der Waals surface area contributed by atoms with Crippen LogP contribution in [-0.2, 0) is 9.53 Å². The molecule has 1 atom stereocenters. The molecular weight excluding hydrogens is 266 g/mol. The second-order valence-electron chi connectivity index (χ2n) is 6.38. The van der Waals surface area contributed by atoms with E-state index in [9.17, 15) is 9.90 Å². The van der Waals surface area contributed by atoms with Crippen molar-refractivity contribution in [1.82, 2.24) is 4.90 Å². The molecule has 1 N–H and O–H groups in total. The largest absolute Gasteiger partial charge is 0.459 e. The van der Waals surface area contributed by atoms with E-state index in [-0.39, 0.29) is 12.0 Å². The minimum Gasteiger partial charge on any atom is -0.459 e. The summed E-state index contributed by atoms with van der Waals surface area (Å²) in [4.78, 5) is 14.7. The maximum atomic E-state index is 12.5. The van der Waals surface area contributed by atoms with E-state index in [1.165, 1.54) is 6.42 Å². The van der Waals surface area contributed by atoms with E-state index < -0.39 is 11.6 Å². The van der Waals surface area contributed by atoms with Gasteiger partial charge in [0.25, 0.3) is 0 Å². The Kier molecular flexibility index (Phi) is 5.66. The summed E-state index contributed by atoms with van der Waals surface area (Å²) in [6.45, 7) is 3.52. The monoisotopic (exact) mass is 293 g/mol. The number of ether oxygens (including phenoxy) is 1. The molecule has 1 saturated heterocycles. The Labute approximate surface area is 127 Å². The van der Waals surface area contributed by atoms with E-state index in [0.717, 1.165) is 51.6 Å². The van der Waals surface area contributed by atoms with Gasteiger partial charge in [0.15, 0.2) is 0 Å². The lowest BCUT2D eigenvalue weighted by Crippen LogP contribution is -2.49. The molecule has 0 aromatic rings. The highest BCUT2D eigenvalue weighted by atomic mass is 16.6. The van der Waals surface area contributed by atoms with Gasteiger partial charge in [-0.2, -0.15) is 0 Å². The van der Waals surface area contributed by atoms with Crippen molar-refractivity contribution in [2.75, 3.05) is 20.1 Å². The molecule has 2 fully saturated rings. The molecule has 118 valence electrons. The number of esters is 1. The van der Waals surface area contributed by atoms with Crippen LogP contribution in [0, 0.1) is 17.8 Å². The van der Waals surface area contributed by atoms with Gasteiger partial charge in [-0.1, -0.05) is 25.2 Å². The Hall–Kier alpha value is -1.05. The van der Waals surface area contributed by atoms with E-state index in [0.29, 0.717) is 0 Å². The molecular formula is C17H27NO3. The van der Waals surface area contributed by atoms with Crippen molar-refractivity contribution in [3.05, 3.63) is 0 Å². The smallest absolute Gasteiger partial charge is 0.351 e. The quantitative estimate of drug-likeness (QED) is 0.638. The summed E-state index contributed by atoms with van der Waals surface area (Å²) in [5.41, 5.74) is -1.61. The molecule has 1 aliphatic heterocycles. The first-order chi connectivity index (χ1) is 10.1. The van der Waals surface area contributed by atoms with E-state index in [1.807, 2.05) is 0 Å². The number of aliphatic hydroxyl groups is 1. The lowest BCUT2D eigenvalue weighted by atomic mass is 9.77. The highest BCUT2D eigenvalue weighted by Gasteiger charge is 2.45. The summed E-state index contributed by atoms with van der Waals surface area (Å²) < 4.78 is 5.59. The minimum atomic E-state index is -1.61. The Bertz CT molecular complexity index is 411. The lowest BCUT2D eigenvalue weighted by Gasteiger charge is -2.35. The SMILES string of the molecule is CC#C[C@@](O)(C(=O)OC1CCN(C)CC1)C1CCCCC1. The molecule has 1 aliphatic carbocycles. The van der Waals surface area contributed by atoms with Gasteiger partial charge < -0.3 is 14.7 Å². The topological polar surface area (TPSA) is 49.8 Å². The van der Waals surface area contributed by atoms with Gasteiger partial charge in [0.2, 0.25) is 5.60 Å². The minimum absolute atomic E-state index is 0.0810. The van der Waals surface area contributed by atoms with Crippen molar-refractivity contribution >= 4 is 5.97 Å². The molecule has 2 rings (SSSR count). The zero-order valence-corrected chi connectivity index (χ0v) is 13.2. The molecule has 0 amide bonds. The van der Waals surface area contributed by atoms with Crippen LogP contribution in [-0.4, -0.2) is 47.8 Å². The number of likely N-dealkylation sites (tertiary alicyclic amines) is 1. The van der Waals surface area contributed by atoms with Gasteiger partial charge >= 0.3 is 5.97 Å². The molecule has 4 heteroatoms. The van der Waals surface area contributed by atoms with Gasteiger partial charge in [-0.3, -0.25) is 0 Å². The predicted octanol–water partition coefficient (Wildman–Crippen LogP) is 1.96. The van der Waals surface area contributed by atoms with Crippen LogP contribution in [0.1, 0.15) is 51.9 Å². The fourth-order valence-corrected chi connectivity index (χ4v) is 3.37. The van der Waals surface area contributed by atoms with Crippen molar-refractivity contribution in [2.24, 2.45) is 5.92 Å². The van der Waals surface area contributed by atoms with Gasteiger partial charge in [-0.05, 0) is 39.7 Å². The van der Waals surface area contributed by atoms with Crippen LogP contribution in [0.3, 0.4) is 0 Å². The van der Waals surface area contributed by atoms with Gasteiger partial charge in [0.05, 0.1) is 0 Å². The molecule has 0 radical (unpaired) electrons. The zero-order chi connectivity index (χ0) is 15.3. The number of piperidine rings is 1. The van der Waals surface area contributed by atoms with Crippen molar-refractivity contribution in [1.29, 1.82) is 0 Å². The molecule has 0 unspecified atom stereocenters. The standard InChI is InChI=1S/C17H27NO3/c1-3-11-17(20,14-7-5-4-6-8-14)16(19)21-15-9-12-18(2)13-10-15/h14-15,20H,4-10,12-13H2,1-2H3/t17-/m0/s1. The van der Waals surface area contributed by atoms with Gasteiger partial charge in [0.1, 0.15) is 6.10 Å². The third-order valence-corrected chi connectivity index (χ3v) is 4.76. The van der Waals surface area contributed by atoms with Crippen LogP contribution in [0.2, 0.25) is 0 Å². The maximum Gasteiger partial charge on any atom is 0.351 e. The number of carbonyl (C=O) groups excluding carboxylic acids is 1. The second-order valence-corrected chi connectivity index (χ2v) is 6.38. The van der Waals surface area contributed by atoms with E-state index in [4.69, 9.17) is 4.74 Å². The van der Waals surface area contributed by atoms with Crippen LogP contribution >= 0.6 is 0 Å². The number of hydrogen-bond donors (Lipinski definition) is 1. The molecule has 0 aromatic carbocycles. The number of nitrogens with zero attached hydrogens (tertiary/aromatic N) is 1. The highest BCUT2D eigenvalue weighted by Crippen LogP contribution is 2.34. The third-order valence-electron chi connectivity index (χ3n) is 4.76. The fourth-order valence-electron chi connectivity index (χ4n) is 3.37. The third kappa shape index (κ3) is 3.99. The van der Waals surface area contributed by atoms with Crippen molar-refractivity contribution in [3.8, 4) is 11.8 Å². The first-order valence-corrected chi connectivity index (χ1v) is 8.12. The summed E-state index contributed by atoms with van der Waals surface area (Å²) in [5, 5.41) is 10.8. The molecule has 0 spiro atoms. The number of rotatable bonds is 3. The maximum absolute atomic E-state index is 12.5. The highest BCUT2D eigenvalue weighted by molar-refractivity contribution is 5.84. The van der Waals surface area contributed by atoms with Crippen LogP contribution < -0.4 is 0 Å². The van der Waals surface area contributed by atoms with Crippen molar-refractivity contribution in [3.63, 3.8) is 0 Å². The summed E-state index contributed by atoms with van der Waals surface area (Å²) in [5.74, 6) is 4.85.